The summed E-state index contributed by atoms with van der Waals surface area (Å²) in [4.78, 5) is 71.2. The van der Waals surface area contributed by atoms with Crippen LogP contribution in [0.3, 0.4) is 0 Å². The fourth-order valence-corrected chi connectivity index (χ4v) is 8.84. The number of carbonyl (C=O) groups is 5. The van der Waals surface area contributed by atoms with E-state index < -0.39 is 68.7 Å². The first-order chi connectivity index (χ1) is 27.4. The van der Waals surface area contributed by atoms with Gasteiger partial charge in [-0.2, -0.15) is 0 Å². The van der Waals surface area contributed by atoms with Crippen LogP contribution in [0.5, 0.6) is 5.75 Å². The predicted octanol–water partition coefficient (Wildman–Crippen LogP) is 2.99. The van der Waals surface area contributed by atoms with Gasteiger partial charge in [0.1, 0.15) is 29.1 Å². The van der Waals surface area contributed by atoms with Gasteiger partial charge in [-0.3, -0.25) is 19.1 Å². The van der Waals surface area contributed by atoms with Gasteiger partial charge in [0.05, 0.1) is 17.6 Å². The Morgan fingerprint density at radius 1 is 1.02 bits per heavy atom. The molecule has 16 nitrogen and oxygen atoms in total. The number of urea groups is 1. The van der Waals surface area contributed by atoms with Crippen molar-refractivity contribution in [3.05, 3.63) is 60.3 Å². The van der Waals surface area contributed by atoms with Crippen molar-refractivity contribution in [3.8, 4) is 17.0 Å². The Morgan fingerprint density at radius 3 is 2.60 bits per heavy atom. The molecule has 0 radical (unpaired) electrons. The minimum absolute atomic E-state index is 0.0302. The summed E-state index contributed by atoms with van der Waals surface area (Å²) in [5, 5.41) is 17.1. The van der Waals surface area contributed by atoms with E-state index in [1.54, 1.807) is 12.1 Å². The van der Waals surface area contributed by atoms with Gasteiger partial charge >= 0.3 is 12.0 Å². The molecule has 1 aromatic heterocycles. The highest BCUT2D eigenvalue weighted by Crippen LogP contribution is 2.46. The predicted molar refractivity (Wildman–Crippen MR) is 210 cm³/mol. The van der Waals surface area contributed by atoms with Gasteiger partial charge in [0.25, 0.3) is 5.91 Å². The number of hydrogen-bond acceptors (Lipinski definition) is 10. The van der Waals surface area contributed by atoms with Gasteiger partial charge in [0, 0.05) is 30.6 Å². The van der Waals surface area contributed by atoms with Gasteiger partial charge in [-0.1, -0.05) is 56.0 Å². The van der Waals surface area contributed by atoms with Crippen molar-refractivity contribution in [1.82, 2.24) is 30.6 Å². The molecule has 2 aliphatic carbocycles. The van der Waals surface area contributed by atoms with Gasteiger partial charge in [0.2, 0.25) is 21.8 Å². The second kappa shape index (κ2) is 18.5. The summed E-state index contributed by atoms with van der Waals surface area (Å²) in [5.74, 6) is -2.60. The Bertz CT molecular complexity index is 1960. The number of aromatic carboxylic acids is 1. The van der Waals surface area contributed by atoms with Crippen LogP contribution in [0, 0.1) is 5.92 Å². The number of pyridine rings is 1. The number of nitrogens with zero attached hydrogens (tertiary/aromatic N) is 2. The molecule has 5 atom stereocenters. The maximum absolute atomic E-state index is 14.0. The van der Waals surface area contributed by atoms with E-state index >= 15 is 0 Å². The molecule has 308 valence electrons. The number of amides is 5. The number of ether oxygens (including phenoxy) is 1. The first kappa shape index (κ1) is 41.6. The van der Waals surface area contributed by atoms with Crippen molar-refractivity contribution < 1.29 is 42.2 Å². The molecule has 1 aromatic carbocycles. The van der Waals surface area contributed by atoms with Crippen LogP contribution in [0.15, 0.2) is 54.6 Å². The maximum atomic E-state index is 14.0. The summed E-state index contributed by atoms with van der Waals surface area (Å²) in [6.07, 6.45) is 11.7. The highest BCUT2D eigenvalue weighted by molar-refractivity contribution is 7.91. The lowest BCUT2D eigenvalue weighted by Gasteiger charge is -2.30. The number of hydrogen-bond donors (Lipinski definition) is 6. The monoisotopic (exact) mass is 807 g/mol. The van der Waals surface area contributed by atoms with E-state index in [0.29, 0.717) is 63.1 Å². The molecule has 0 spiro atoms. The number of allylic oxidation sites excluding steroid dienone is 1. The molecule has 3 fully saturated rings. The molecule has 2 aliphatic heterocycles. The van der Waals surface area contributed by atoms with Crippen LogP contribution in [0.25, 0.3) is 11.3 Å². The van der Waals surface area contributed by atoms with Crippen LogP contribution >= 0.6 is 0 Å². The molecule has 2 saturated carbocycles. The number of unbranched alkanes of at least 4 members (excludes halogenated alkanes) is 3. The van der Waals surface area contributed by atoms with E-state index in [2.05, 4.69) is 25.7 Å². The zero-order valence-corrected chi connectivity index (χ0v) is 32.8. The summed E-state index contributed by atoms with van der Waals surface area (Å²) >= 11 is 0. The lowest BCUT2D eigenvalue weighted by molar-refractivity contribution is -0.141. The molecule has 4 aliphatic rings. The number of nitrogens with two attached hydrogens (primary N) is 1. The van der Waals surface area contributed by atoms with Gasteiger partial charge in [0.15, 0.2) is 0 Å². The Kier molecular flexibility index (Phi) is 13.5. The highest BCUT2D eigenvalue weighted by atomic mass is 32.2. The number of sulfonamides is 1. The Morgan fingerprint density at radius 2 is 1.81 bits per heavy atom. The molecular formula is C40H53N7O9S. The molecule has 2 aromatic rings. The Labute approximate surface area is 332 Å². The largest absolute Gasteiger partial charge is 0.494 e. The van der Waals surface area contributed by atoms with Crippen molar-refractivity contribution in [3.63, 3.8) is 0 Å². The summed E-state index contributed by atoms with van der Waals surface area (Å²) in [6.45, 7) is 0.977. The first-order valence-electron chi connectivity index (χ1n) is 19.9. The smallest absolute Gasteiger partial charge is 0.354 e. The zero-order chi connectivity index (χ0) is 40.6. The SMILES string of the molecule is N[C@@H]1C[C@H]2C(=O)N[C@]3(C(=O)NS(=O)(=O)C4CC4)C[C@H]3/C=C\CCCCC[C@H](NC(=O)NCCCCCCOc3cccc(-c4cccc(C(=O)O)n4)c3)C(=O)N2C1. The lowest BCUT2D eigenvalue weighted by Crippen LogP contribution is -2.58. The van der Waals surface area contributed by atoms with Gasteiger partial charge in [-0.05, 0) is 82.1 Å². The van der Waals surface area contributed by atoms with E-state index in [0.717, 1.165) is 37.7 Å². The van der Waals surface area contributed by atoms with Crippen LogP contribution < -0.4 is 31.1 Å². The number of carbonyl (C=O) groups excluding carboxylic acids is 4. The quantitative estimate of drug-likeness (QED) is 0.120. The zero-order valence-electron chi connectivity index (χ0n) is 32.0. The van der Waals surface area contributed by atoms with E-state index in [1.807, 2.05) is 36.4 Å². The summed E-state index contributed by atoms with van der Waals surface area (Å²) < 4.78 is 33.4. The normalized spacial score (nSPS) is 25.7. The molecule has 6 rings (SSSR count). The van der Waals surface area contributed by atoms with Gasteiger partial charge in [-0.25, -0.2) is 23.0 Å². The second-order valence-electron chi connectivity index (χ2n) is 15.5. The molecular weight excluding hydrogens is 755 g/mol. The Balaban J connectivity index is 0.969. The van der Waals surface area contributed by atoms with Crippen LogP contribution in [0.2, 0.25) is 0 Å². The minimum Gasteiger partial charge on any atom is -0.494 e. The van der Waals surface area contributed by atoms with Crippen molar-refractivity contribution in [2.45, 2.75) is 112 Å². The number of rotatable bonds is 14. The van der Waals surface area contributed by atoms with E-state index in [1.165, 1.54) is 11.0 Å². The number of carboxylic acids is 1. The summed E-state index contributed by atoms with van der Waals surface area (Å²) in [7, 11) is -3.84. The molecule has 7 N–H and O–H groups in total. The molecule has 17 heteroatoms. The van der Waals surface area contributed by atoms with Crippen LogP contribution in [0.1, 0.15) is 94.0 Å². The van der Waals surface area contributed by atoms with Crippen LogP contribution in [-0.2, 0) is 24.4 Å². The van der Waals surface area contributed by atoms with Crippen LogP contribution in [-0.4, -0.2) is 102 Å². The minimum atomic E-state index is -3.84. The van der Waals surface area contributed by atoms with Crippen molar-refractivity contribution in [2.75, 3.05) is 19.7 Å². The average molecular weight is 808 g/mol. The number of carboxylic acid groups (broad SMARTS) is 1. The van der Waals surface area contributed by atoms with Crippen molar-refractivity contribution >= 4 is 39.7 Å². The summed E-state index contributed by atoms with van der Waals surface area (Å²) in [5.41, 5.74) is 6.09. The fraction of sp³-hybridized carbons (Fsp3) is 0.550. The third-order valence-electron chi connectivity index (χ3n) is 10.9. The fourth-order valence-electron chi connectivity index (χ4n) is 7.47. The standard InChI is InChI=1S/C40H53N7O9S/c41-28-23-34-35(48)45-40(38(52)46-57(54,55)30-18-19-30)24-27(40)13-6-2-1-3-7-15-32(36(49)47(34)25-28)44-39(53)42-20-8-4-5-9-21-56-29-14-10-12-26(22-29)31-16-11-17-33(43-31)37(50)51/h6,10-14,16-17,22,27-28,30,32,34H,1-5,7-9,15,18-21,23-25,41H2,(H,45,48)(H,46,52)(H,50,51)(H2,42,44,53)/b13-6-/t27-,28-,32+,34+,40-/m1/s1. The third kappa shape index (κ3) is 10.9. The summed E-state index contributed by atoms with van der Waals surface area (Å²) in [6, 6.07) is 9.30. The maximum Gasteiger partial charge on any atom is 0.354 e. The molecule has 1 saturated heterocycles. The molecule has 3 heterocycles. The van der Waals surface area contributed by atoms with Crippen molar-refractivity contribution in [2.24, 2.45) is 11.7 Å². The lowest BCUT2D eigenvalue weighted by atomic mass is 10.0. The number of aromatic nitrogens is 1. The number of nitrogens with one attached hydrogen (secondary N) is 4. The van der Waals surface area contributed by atoms with E-state index in [4.69, 9.17) is 10.5 Å². The molecule has 0 unspecified atom stereocenters. The number of benzene rings is 1. The highest BCUT2D eigenvalue weighted by Gasteiger charge is 2.62. The van der Waals surface area contributed by atoms with E-state index in [-0.39, 0.29) is 31.0 Å². The number of fused-ring (bicyclic) bond motifs is 2. The topological polar surface area (TPSA) is 239 Å². The second-order valence-corrected chi connectivity index (χ2v) is 17.4. The van der Waals surface area contributed by atoms with E-state index in [9.17, 15) is 37.5 Å². The average Bonchev–Trinajstić information content (AvgIpc) is 4.12. The van der Waals surface area contributed by atoms with Gasteiger partial charge in [-0.15, -0.1) is 0 Å². The Hall–Kier alpha value is -5.03. The van der Waals surface area contributed by atoms with Gasteiger partial charge < -0.3 is 36.4 Å². The molecule has 0 bridgehead atoms. The molecule has 5 amide bonds. The first-order valence-corrected chi connectivity index (χ1v) is 21.5. The van der Waals surface area contributed by atoms with Crippen molar-refractivity contribution in [1.29, 1.82) is 0 Å². The third-order valence-corrected chi connectivity index (χ3v) is 12.8. The van der Waals surface area contributed by atoms with Crippen LogP contribution in [0.4, 0.5) is 4.79 Å². The molecule has 57 heavy (non-hydrogen) atoms.